The summed E-state index contributed by atoms with van der Waals surface area (Å²) in [6, 6.07) is 5.83. The first-order valence-electron chi connectivity index (χ1n) is 6.72. The zero-order chi connectivity index (χ0) is 15.2. The zero-order valence-electron chi connectivity index (χ0n) is 11.9. The number of amides is 1. The van der Waals surface area contributed by atoms with Crippen molar-refractivity contribution in [2.24, 2.45) is 11.5 Å². The van der Waals surface area contributed by atoms with Crippen LogP contribution in [0.5, 0.6) is 5.75 Å². The minimum absolute atomic E-state index is 0.0430. The van der Waals surface area contributed by atoms with Gasteiger partial charge in [-0.15, -0.1) is 0 Å². The number of allylic oxidation sites excluding steroid dienone is 1. The van der Waals surface area contributed by atoms with Crippen molar-refractivity contribution in [3.05, 3.63) is 47.1 Å². The number of rotatable bonds is 2. The molecule has 1 atom stereocenters. The Hall–Kier alpha value is -2.63. The summed E-state index contributed by atoms with van der Waals surface area (Å²) < 4.78 is 11.2. The molecule has 3 rings (SSSR count). The monoisotopic (exact) mass is 287 g/mol. The summed E-state index contributed by atoms with van der Waals surface area (Å²) in [6.07, 6.45) is 2.57. The average molecular weight is 287 g/mol. The van der Waals surface area contributed by atoms with Crippen LogP contribution in [-0.2, 0) is 16.0 Å². The van der Waals surface area contributed by atoms with Gasteiger partial charge in [-0.1, -0.05) is 13.0 Å². The molecule has 6 nitrogen and oxygen atoms in total. The van der Waals surface area contributed by atoms with E-state index >= 15 is 0 Å². The lowest BCUT2D eigenvalue weighted by Crippen LogP contribution is -2.48. The molecular formula is C15H17N3O3. The van der Waals surface area contributed by atoms with E-state index in [4.69, 9.17) is 20.9 Å². The highest BCUT2D eigenvalue weighted by Gasteiger charge is 2.48. The van der Waals surface area contributed by atoms with E-state index < -0.39 is 11.6 Å². The van der Waals surface area contributed by atoms with Gasteiger partial charge in [0.05, 0.1) is 5.69 Å². The Labute approximate surface area is 122 Å². The topological polar surface area (TPSA) is 99.6 Å². The fourth-order valence-electron chi connectivity index (χ4n) is 2.66. The third kappa shape index (κ3) is 1.99. The minimum atomic E-state index is -1.20. The predicted molar refractivity (Wildman–Crippen MR) is 78.1 cm³/mol. The summed E-state index contributed by atoms with van der Waals surface area (Å²) in [5.74, 6) is 0.448. The lowest BCUT2D eigenvalue weighted by molar-refractivity contribution is -0.116. The highest BCUT2D eigenvalue weighted by molar-refractivity contribution is 5.97. The maximum atomic E-state index is 11.8. The first-order chi connectivity index (χ1) is 9.95. The van der Waals surface area contributed by atoms with Gasteiger partial charge < -0.3 is 26.3 Å². The molecule has 0 aromatic heterocycles. The third-order valence-electron chi connectivity index (χ3n) is 3.59. The normalized spacial score (nSPS) is 23.0. The van der Waals surface area contributed by atoms with E-state index in [1.807, 2.05) is 18.2 Å². The molecule has 0 unspecified atom stereocenters. The molecular weight excluding hydrogens is 270 g/mol. The van der Waals surface area contributed by atoms with Gasteiger partial charge in [0, 0.05) is 6.08 Å². The molecule has 0 radical (unpaired) electrons. The van der Waals surface area contributed by atoms with Crippen LogP contribution in [0.3, 0.4) is 0 Å². The lowest BCUT2D eigenvalue weighted by atomic mass is 9.99. The maximum absolute atomic E-state index is 11.8. The van der Waals surface area contributed by atoms with Crippen LogP contribution >= 0.6 is 0 Å². The molecule has 0 bridgehead atoms. The van der Waals surface area contributed by atoms with Crippen molar-refractivity contribution in [1.29, 1.82) is 0 Å². The van der Waals surface area contributed by atoms with Crippen molar-refractivity contribution < 1.29 is 14.3 Å². The zero-order valence-corrected chi connectivity index (χ0v) is 11.9. The third-order valence-corrected chi connectivity index (χ3v) is 3.59. The van der Waals surface area contributed by atoms with Crippen LogP contribution in [-0.4, -0.2) is 11.6 Å². The van der Waals surface area contributed by atoms with Crippen LogP contribution in [0, 0.1) is 0 Å². The predicted octanol–water partition coefficient (Wildman–Crippen LogP) is 1.34. The molecule has 1 aromatic carbocycles. The van der Waals surface area contributed by atoms with Gasteiger partial charge in [-0.25, -0.2) is 0 Å². The van der Waals surface area contributed by atoms with E-state index in [-0.39, 0.29) is 11.5 Å². The second kappa shape index (κ2) is 4.44. The van der Waals surface area contributed by atoms with Crippen molar-refractivity contribution in [2.75, 3.05) is 5.32 Å². The molecule has 1 amide bonds. The van der Waals surface area contributed by atoms with Crippen LogP contribution in [0.2, 0.25) is 0 Å². The summed E-state index contributed by atoms with van der Waals surface area (Å²) in [5, 5.41) is 3.20. The molecule has 21 heavy (non-hydrogen) atoms. The molecule has 6 heteroatoms. The molecule has 2 aliphatic heterocycles. The second-order valence-electron chi connectivity index (χ2n) is 5.11. The van der Waals surface area contributed by atoms with E-state index in [1.54, 1.807) is 13.0 Å². The fourth-order valence-corrected chi connectivity index (χ4v) is 2.66. The van der Waals surface area contributed by atoms with E-state index in [9.17, 15) is 4.79 Å². The Bertz CT molecular complexity index is 693. The Morgan fingerprint density at radius 1 is 1.43 bits per heavy atom. The molecule has 1 aromatic rings. The lowest BCUT2D eigenvalue weighted by Gasteiger charge is -2.31. The number of primary amides is 1. The number of benzene rings is 1. The highest BCUT2D eigenvalue weighted by Crippen LogP contribution is 2.43. The van der Waals surface area contributed by atoms with Gasteiger partial charge in [0.1, 0.15) is 17.1 Å². The van der Waals surface area contributed by atoms with Crippen molar-refractivity contribution in [1.82, 2.24) is 0 Å². The van der Waals surface area contributed by atoms with Crippen LogP contribution in [0.25, 0.3) is 0 Å². The van der Waals surface area contributed by atoms with Gasteiger partial charge in [0.2, 0.25) is 11.6 Å². The Morgan fingerprint density at radius 2 is 2.19 bits per heavy atom. The highest BCUT2D eigenvalue weighted by atomic mass is 16.5. The summed E-state index contributed by atoms with van der Waals surface area (Å²) in [6.45, 7) is 3.80. The van der Waals surface area contributed by atoms with Gasteiger partial charge in [0.15, 0.2) is 0 Å². The summed E-state index contributed by atoms with van der Waals surface area (Å²) in [5.41, 5.74) is 12.1. The van der Waals surface area contributed by atoms with Crippen LogP contribution in [0.15, 0.2) is 41.5 Å². The Morgan fingerprint density at radius 3 is 2.86 bits per heavy atom. The van der Waals surface area contributed by atoms with Gasteiger partial charge in [0.25, 0.3) is 5.91 Å². The number of hydrogen-bond donors (Lipinski definition) is 3. The number of ether oxygens (including phenoxy) is 2. The second-order valence-corrected chi connectivity index (χ2v) is 5.11. The number of hydrogen-bond acceptors (Lipinski definition) is 5. The van der Waals surface area contributed by atoms with Crippen LogP contribution < -0.4 is 21.5 Å². The van der Waals surface area contributed by atoms with Crippen molar-refractivity contribution in [3.63, 3.8) is 0 Å². The van der Waals surface area contributed by atoms with Crippen molar-refractivity contribution in [3.8, 4) is 5.75 Å². The van der Waals surface area contributed by atoms with E-state index in [1.165, 1.54) is 0 Å². The fraction of sp³-hybridized carbons (Fsp3) is 0.267. The number of nitrogens with one attached hydrogen (secondary N) is 1. The smallest absolute Gasteiger partial charge is 0.256 e. The summed E-state index contributed by atoms with van der Waals surface area (Å²) >= 11 is 0. The maximum Gasteiger partial charge on any atom is 0.256 e. The minimum Gasteiger partial charge on any atom is -0.457 e. The molecule has 1 spiro atoms. The van der Waals surface area contributed by atoms with Crippen LogP contribution in [0.1, 0.15) is 19.4 Å². The van der Waals surface area contributed by atoms with Crippen molar-refractivity contribution in [2.45, 2.75) is 26.0 Å². The molecule has 0 fully saturated rings. The molecule has 2 heterocycles. The van der Waals surface area contributed by atoms with Gasteiger partial charge in [-0.05, 0) is 31.0 Å². The number of nitrogens with two attached hydrogens (primary N) is 2. The first-order valence-corrected chi connectivity index (χ1v) is 6.72. The number of anilines is 1. The molecule has 0 saturated heterocycles. The van der Waals surface area contributed by atoms with Gasteiger partial charge >= 0.3 is 0 Å². The Kier molecular flexibility index (Phi) is 2.83. The number of aryl methyl sites for hydroxylation is 1. The molecule has 2 aliphatic rings. The number of fused-ring (bicyclic) bond motifs is 1. The van der Waals surface area contributed by atoms with E-state index in [0.717, 1.165) is 17.7 Å². The van der Waals surface area contributed by atoms with Gasteiger partial charge in [-0.3, -0.25) is 4.79 Å². The van der Waals surface area contributed by atoms with Gasteiger partial charge in [-0.2, -0.15) is 0 Å². The van der Waals surface area contributed by atoms with Crippen molar-refractivity contribution >= 4 is 11.6 Å². The SMILES string of the molecule is CCc1ccc2c(c1)N[C@]1(C=C(C)OC(N)=C1C(N)=O)O2. The Balaban J connectivity index is 2.09. The van der Waals surface area contributed by atoms with E-state index in [0.29, 0.717) is 11.5 Å². The van der Waals surface area contributed by atoms with Crippen LogP contribution in [0.4, 0.5) is 5.69 Å². The molecule has 5 N–H and O–H groups in total. The quantitative estimate of drug-likeness (QED) is 0.762. The molecule has 0 saturated carbocycles. The van der Waals surface area contributed by atoms with E-state index in [2.05, 4.69) is 12.2 Å². The largest absolute Gasteiger partial charge is 0.457 e. The number of carbonyl (C=O) groups excluding carboxylic acids is 1. The summed E-state index contributed by atoms with van der Waals surface area (Å²) in [4.78, 5) is 11.8. The molecule has 0 aliphatic carbocycles. The summed E-state index contributed by atoms with van der Waals surface area (Å²) in [7, 11) is 0. The number of carbonyl (C=O) groups is 1. The molecule has 110 valence electrons. The first kappa shape index (κ1) is 13.4. The standard InChI is InChI=1S/C15H17N3O3/c1-3-9-4-5-11-10(6-9)18-15(21-11)7-8(2)20-14(17)12(15)13(16)19/h4-7,18H,3,17H2,1-2H3,(H2,16,19)/t15-/m1/s1. The average Bonchev–Trinajstić information content (AvgIpc) is 2.73.